The summed E-state index contributed by atoms with van der Waals surface area (Å²) in [4.78, 5) is 23.4. The molecule has 23 heavy (non-hydrogen) atoms. The first-order valence-corrected chi connectivity index (χ1v) is 8.18. The minimum Gasteiger partial charge on any atom is -0.310 e. The Balaban J connectivity index is 1.51. The van der Waals surface area contributed by atoms with Crippen LogP contribution >= 0.6 is 11.6 Å². The van der Waals surface area contributed by atoms with Crippen molar-refractivity contribution in [3.8, 4) is 0 Å². The number of aryl methyl sites for hydroxylation is 2. The number of hydrogen-bond acceptors (Lipinski definition) is 3. The van der Waals surface area contributed by atoms with Gasteiger partial charge in [-0.25, -0.2) is 9.97 Å². The molecule has 1 N–H and O–H groups in total. The van der Waals surface area contributed by atoms with E-state index >= 15 is 0 Å². The summed E-state index contributed by atoms with van der Waals surface area (Å²) in [5.74, 6) is 0.715. The molecule has 4 nitrogen and oxygen atoms in total. The summed E-state index contributed by atoms with van der Waals surface area (Å²) in [7, 11) is 0. The van der Waals surface area contributed by atoms with Crippen LogP contribution in [0.15, 0.2) is 47.4 Å². The average molecular weight is 328 g/mol. The van der Waals surface area contributed by atoms with E-state index in [-0.39, 0.29) is 5.56 Å². The van der Waals surface area contributed by atoms with Gasteiger partial charge in [0.1, 0.15) is 5.82 Å². The standard InChI is InChI=1S/C18H18ClN3O/c19-14-10-8-13(9-11-14)5-2-1-3-7-16-21-17-15(18(23)22-16)6-4-12-20-17/h4,6,8-12H,1-3,5,7H2,(H,20,21,22,23). The third-order valence-electron chi connectivity index (χ3n) is 3.82. The number of H-pyrrole nitrogens is 1. The van der Waals surface area contributed by atoms with Gasteiger partial charge in [-0.2, -0.15) is 0 Å². The van der Waals surface area contributed by atoms with Crippen molar-refractivity contribution in [3.63, 3.8) is 0 Å². The van der Waals surface area contributed by atoms with Gasteiger partial charge in [0.25, 0.3) is 5.56 Å². The molecular weight excluding hydrogens is 310 g/mol. The zero-order chi connectivity index (χ0) is 16.1. The van der Waals surface area contributed by atoms with Gasteiger partial charge in [-0.05, 0) is 49.1 Å². The Kier molecular flexibility index (Phi) is 5.03. The predicted molar refractivity (Wildman–Crippen MR) is 92.9 cm³/mol. The number of aromatic amines is 1. The highest BCUT2D eigenvalue weighted by Gasteiger charge is 2.04. The monoisotopic (exact) mass is 327 g/mol. The van der Waals surface area contributed by atoms with Crippen LogP contribution in [0.1, 0.15) is 30.7 Å². The number of unbranched alkanes of at least 4 members (excludes halogenated alkanes) is 2. The fourth-order valence-electron chi connectivity index (χ4n) is 2.59. The van der Waals surface area contributed by atoms with Crippen LogP contribution in [-0.2, 0) is 12.8 Å². The first-order valence-electron chi connectivity index (χ1n) is 7.81. The largest absolute Gasteiger partial charge is 0.310 e. The van der Waals surface area contributed by atoms with Crippen molar-refractivity contribution in [3.05, 3.63) is 69.4 Å². The molecule has 0 unspecified atom stereocenters. The lowest BCUT2D eigenvalue weighted by Gasteiger charge is -2.04. The van der Waals surface area contributed by atoms with Crippen LogP contribution in [0.25, 0.3) is 11.0 Å². The van der Waals surface area contributed by atoms with Crippen LogP contribution in [0.2, 0.25) is 5.02 Å². The van der Waals surface area contributed by atoms with E-state index < -0.39 is 0 Å². The fourth-order valence-corrected chi connectivity index (χ4v) is 2.71. The van der Waals surface area contributed by atoms with E-state index in [0.29, 0.717) is 16.9 Å². The third-order valence-corrected chi connectivity index (χ3v) is 4.07. The molecule has 0 saturated heterocycles. The van der Waals surface area contributed by atoms with Gasteiger partial charge < -0.3 is 4.98 Å². The molecule has 0 fully saturated rings. The molecular formula is C18H18ClN3O. The summed E-state index contributed by atoms with van der Waals surface area (Å²) in [6, 6.07) is 11.5. The molecule has 1 aromatic carbocycles. The Morgan fingerprint density at radius 1 is 1.00 bits per heavy atom. The molecule has 0 atom stereocenters. The van der Waals surface area contributed by atoms with Crippen LogP contribution in [0, 0.1) is 0 Å². The highest BCUT2D eigenvalue weighted by atomic mass is 35.5. The van der Waals surface area contributed by atoms with Gasteiger partial charge >= 0.3 is 0 Å². The molecule has 0 spiro atoms. The maximum atomic E-state index is 12.0. The number of hydrogen-bond donors (Lipinski definition) is 1. The van der Waals surface area contributed by atoms with Crippen LogP contribution in [-0.4, -0.2) is 15.0 Å². The van der Waals surface area contributed by atoms with E-state index in [2.05, 4.69) is 27.1 Å². The lowest BCUT2D eigenvalue weighted by molar-refractivity contribution is 0.662. The van der Waals surface area contributed by atoms with Crippen LogP contribution in [0.3, 0.4) is 0 Å². The molecule has 5 heteroatoms. The molecule has 2 aromatic heterocycles. The summed E-state index contributed by atoms with van der Waals surface area (Å²) < 4.78 is 0. The maximum absolute atomic E-state index is 12.0. The smallest absolute Gasteiger partial charge is 0.260 e. The van der Waals surface area contributed by atoms with Crippen molar-refractivity contribution in [2.45, 2.75) is 32.1 Å². The normalized spacial score (nSPS) is 11.0. The van der Waals surface area contributed by atoms with E-state index in [4.69, 9.17) is 11.6 Å². The second-order valence-electron chi connectivity index (χ2n) is 5.57. The number of pyridine rings is 1. The number of rotatable bonds is 6. The van der Waals surface area contributed by atoms with E-state index in [1.54, 1.807) is 18.3 Å². The van der Waals surface area contributed by atoms with Crippen LogP contribution in [0.5, 0.6) is 0 Å². The lowest BCUT2D eigenvalue weighted by atomic mass is 10.1. The molecule has 0 amide bonds. The van der Waals surface area contributed by atoms with Crippen molar-refractivity contribution in [2.24, 2.45) is 0 Å². The number of nitrogens with zero attached hydrogens (tertiary/aromatic N) is 2. The van der Waals surface area contributed by atoms with Crippen molar-refractivity contribution in [1.82, 2.24) is 15.0 Å². The van der Waals surface area contributed by atoms with Gasteiger partial charge in [0.15, 0.2) is 5.65 Å². The number of fused-ring (bicyclic) bond motifs is 1. The van der Waals surface area contributed by atoms with Crippen LogP contribution < -0.4 is 5.56 Å². The van der Waals surface area contributed by atoms with Crippen molar-refractivity contribution < 1.29 is 0 Å². The predicted octanol–water partition coefficient (Wildman–Crippen LogP) is 3.93. The Hall–Kier alpha value is -2.20. The van der Waals surface area contributed by atoms with Crippen molar-refractivity contribution in [2.75, 3.05) is 0 Å². The molecule has 0 radical (unpaired) electrons. The Morgan fingerprint density at radius 2 is 1.78 bits per heavy atom. The summed E-state index contributed by atoms with van der Waals surface area (Å²) in [6.07, 6.45) is 6.66. The van der Waals surface area contributed by atoms with E-state index in [1.807, 2.05) is 12.1 Å². The summed E-state index contributed by atoms with van der Waals surface area (Å²) >= 11 is 5.88. The molecule has 0 bridgehead atoms. The maximum Gasteiger partial charge on any atom is 0.260 e. The van der Waals surface area contributed by atoms with Crippen molar-refractivity contribution in [1.29, 1.82) is 0 Å². The summed E-state index contributed by atoms with van der Waals surface area (Å²) in [5, 5.41) is 1.31. The molecule has 0 saturated carbocycles. The average Bonchev–Trinajstić information content (AvgIpc) is 2.56. The highest BCUT2D eigenvalue weighted by molar-refractivity contribution is 6.30. The number of benzene rings is 1. The highest BCUT2D eigenvalue weighted by Crippen LogP contribution is 2.13. The summed E-state index contributed by atoms with van der Waals surface area (Å²) in [6.45, 7) is 0. The Bertz CT molecular complexity index is 843. The third kappa shape index (κ3) is 4.17. The first-order chi connectivity index (χ1) is 11.2. The Morgan fingerprint density at radius 3 is 2.61 bits per heavy atom. The topological polar surface area (TPSA) is 58.6 Å². The number of halogens is 1. The zero-order valence-electron chi connectivity index (χ0n) is 12.8. The SMILES string of the molecule is O=c1[nH]c(CCCCCc2ccc(Cl)cc2)nc2ncccc12. The molecule has 0 aliphatic heterocycles. The molecule has 118 valence electrons. The quantitative estimate of drug-likeness (QED) is 0.698. The lowest BCUT2D eigenvalue weighted by Crippen LogP contribution is -2.12. The second kappa shape index (κ2) is 7.38. The minimum absolute atomic E-state index is 0.112. The van der Waals surface area contributed by atoms with Gasteiger partial charge in [-0.1, -0.05) is 30.2 Å². The van der Waals surface area contributed by atoms with Gasteiger partial charge in [0.05, 0.1) is 5.39 Å². The number of aromatic nitrogens is 3. The Labute approximate surface area is 139 Å². The molecule has 0 aliphatic carbocycles. The zero-order valence-corrected chi connectivity index (χ0v) is 13.5. The summed E-state index contributed by atoms with van der Waals surface area (Å²) in [5.41, 5.74) is 1.71. The fraction of sp³-hybridized carbons (Fsp3) is 0.278. The van der Waals surface area contributed by atoms with Crippen molar-refractivity contribution >= 4 is 22.6 Å². The first kappa shape index (κ1) is 15.7. The van der Waals surface area contributed by atoms with E-state index in [1.165, 1.54) is 5.56 Å². The molecule has 3 aromatic rings. The van der Waals surface area contributed by atoms with Gasteiger partial charge in [0, 0.05) is 17.6 Å². The van der Waals surface area contributed by atoms with E-state index in [9.17, 15) is 4.79 Å². The molecule has 2 heterocycles. The second-order valence-corrected chi connectivity index (χ2v) is 6.01. The van der Waals surface area contributed by atoms with Crippen LogP contribution in [0.4, 0.5) is 0 Å². The van der Waals surface area contributed by atoms with E-state index in [0.717, 1.165) is 37.1 Å². The molecule has 3 rings (SSSR count). The van der Waals surface area contributed by atoms with Gasteiger partial charge in [-0.15, -0.1) is 0 Å². The molecule has 0 aliphatic rings. The number of nitrogens with one attached hydrogen (secondary N) is 1. The van der Waals surface area contributed by atoms with Gasteiger partial charge in [-0.3, -0.25) is 4.79 Å². The minimum atomic E-state index is -0.112. The van der Waals surface area contributed by atoms with Gasteiger partial charge in [0.2, 0.25) is 0 Å².